The van der Waals surface area contributed by atoms with Crippen LogP contribution in [0.1, 0.15) is 15.9 Å². The Hall–Kier alpha value is -1.91. The number of amides is 1. The Morgan fingerprint density at radius 2 is 2.20 bits per heavy atom. The molecule has 0 aliphatic carbocycles. The zero-order chi connectivity index (χ0) is 11.2. The average Bonchev–Trinajstić information content (AvgIpc) is 2.41. The molecule has 0 radical (unpaired) electrons. The van der Waals surface area contributed by atoms with Gasteiger partial charge in [0.15, 0.2) is 0 Å². The zero-order valence-corrected chi connectivity index (χ0v) is 7.95. The van der Waals surface area contributed by atoms with Crippen LogP contribution < -0.4 is 4.90 Å². The summed E-state index contributed by atoms with van der Waals surface area (Å²) in [5, 5.41) is 8.71. The molecule has 0 aromatic heterocycles. The first kappa shape index (κ1) is 9.64. The highest BCUT2D eigenvalue weighted by Crippen LogP contribution is 2.30. The van der Waals surface area contributed by atoms with E-state index in [1.807, 2.05) is 0 Å². The summed E-state index contributed by atoms with van der Waals surface area (Å²) in [6.07, 6.45) is 0.128. The van der Waals surface area contributed by atoms with Gasteiger partial charge in [0.1, 0.15) is 5.82 Å². The maximum Gasteiger partial charge on any atom is 0.338 e. The first-order chi connectivity index (χ1) is 7.00. The molecular formula is C10H8FNO3. The fourth-order valence-corrected chi connectivity index (χ4v) is 1.64. The number of anilines is 1. The lowest BCUT2D eigenvalue weighted by atomic mass is 10.1. The predicted octanol–water partition coefficient (Wildman–Crippen LogP) is 1.04. The maximum atomic E-state index is 13.2. The Balaban J connectivity index is 2.60. The zero-order valence-electron chi connectivity index (χ0n) is 7.95. The molecule has 1 N–H and O–H groups in total. The quantitative estimate of drug-likeness (QED) is 0.751. The first-order valence-corrected chi connectivity index (χ1v) is 4.33. The molecule has 0 unspecified atom stereocenters. The van der Waals surface area contributed by atoms with Crippen molar-refractivity contribution in [3.8, 4) is 0 Å². The normalized spacial score (nSPS) is 14.3. The molecule has 0 saturated heterocycles. The predicted molar refractivity (Wildman–Crippen MR) is 50.5 cm³/mol. The number of hydrogen-bond donors (Lipinski definition) is 1. The van der Waals surface area contributed by atoms with E-state index in [0.29, 0.717) is 11.3 Å². The summed E-state index contributed by atoms with van der Waals surface area (Å²) in [7, 11) is 1.54. The fraction of sp³-hybridized carbons (Fsp3) is 0.200. The van der Waals surface area contributed by atoms with Crippen molar-refractivity contribution < 1.29 is 19.1 Å². The van der Waals surface area contributed by atoms with Crippen molar-refractivity contribution >= 4 is 17.6 Å². The molecule has 15 heavy (non-hydrogen) atoms. The van der Waals surface area contributed by atoms with Crippen LogP contribution >= 0.6 is 0 Å². The van der Waals surface area contributed by atoms with Gasteiger partial charge in [0.25, 0.3) is 0 Å². The molecule has 0 atom stereocenters. The third-order valence-electron chi connectivity index (χ3n) is 2.48. The van der Waals surface area contributed by atoms with Crippen LogP contribution in [0.3, 0.4) is 0 Å². The van der Waals surface area contributed by atoms with Crippen molar-refractivity contribution in [2.75, 3.05) is 11.9 Å². The van der Waals surface area contributed by atoms with E-state index >= 15 is 0 Å². The fourth-order valence-electron chi connectivity index (χ4n) is 1.64. The number of fused-ring (bicyclic) bond motifs is 1. The molecule has 0 saturated carbocycles. The summed E-state index contributed by atoms with van der Waals surface area (Å²) in [4.78, 5) is 23.3. The van der Waals surface area contributed by atoms with Crippen LogP contribution in [-0.2, 0) is 11.2 Å². The monoisotopic (exact) mass is 209 g/mol. The van der Waals surface area contributed by atoms with Crippen molar-refractivity contribution in [1.29, 1.82) is 0 Å². The van der Waals surface area contributed by atoms with Gasteiger partial charge in [-0.1, -0.05) is 0 Å². The molecule has 5 heteroatoms. The molecule has 1 aliphatic heterocycles. The minimum Gasteiger partial charge on any atom is -0.478 e. The number of likely N-dealkylation sites (N-methyl/N-ethyl adjacent to an activating group) is 1. The number of nitrogens with zero attached hydrogens (tertiary/aromatic N) is 1. The Kier molecular flexibility index (Phi) is 1.96. The van der Waals surface area contributed by atoms with Crippen molar-refractivity contribution in [2.24, 2.45) is 0 Å². The molecule has 1 amide bonds. The van der Waals surface area contributed by atoms with Crippen LogP contribution in [0.4, 0.5) is 10.1 Å². The number of carboxylic acids is 1. The van der Waals surface area contributed by atoms with Crippen molar-refractivity contribution in [3.63, 3.8) is 0 Å². The second-order valence-electron chi connectivity index (χ2n) is 3.40. The molecule has 0 spiro atoms. The number of carbonyl (C=O) groups excluding carboxylic acids is 1. The minimum absolute atomic E-state index is 0.128. The number of carboxylic acid groups (broad SMARTS) is 1. The molecule has 0 fully saturated rings. The molecule has 4 nitrogen and oxygen atoms in total. The van der Waals surface area contributed by atoms with E-state index in [1.54, 1.807) is 0 Å². The summed E-state index contributed by atoms with van der Waals surface area (Å²) in [6, 6.07) is 2.30. The lowest BCUT2D eigenvalue weighted by Crippen LogP contribution is -2.20. The number of aromatic carboxylic acids is 1. The van der Waals surface area contributed by atoms with Gasteiger partial charge in [-0.2, -0.15) is 0 Å². The van der Waals surface area contributed by atoms with Gasteiger partial charge < -0.3 is 10.0 Å². The van der Waals surface area contributed by atoms with Gasteiger partial charge in [-0.05, 0) is 17.7 Å². The minimum atomic E-state index is -1.33. The van der Waals surface area contributed by atoms with Crippen LogP contribution in [0.15, 0.2) is 12.1 Å². The molecule has 2 rings (SSSR count). The molecular weight excluding hydrogens is 201 g/mol. The van der Waals surface area contributed by atoms with E-state index in [1.165, 1.54) is 18.0 Å². The number of carbonyl (C=O) groups is 2. The first-order valence-electron chi connectivity index (χ1n) is 4.33. The van der Waals surface area contributed by atoms with E-state index in [2.05, 4.69) is 0 Å². The van der Waals surface area contributed by atoms with E-state index in [-0.39, 0.29) is 12.3 Å². The Labute approximate surface area is 84.9 Å². The lowest BCUT2D eigenvalue weighted by molar-refractivity contribution is -0.117. The highest BCUT2D eigenvalue weighted by Gasteiger charge is 2.27. The maximum absolute atomic E-state index is 13.2. The number of rotatable bonds is 1. The Morgan fingerprint density at radius 3 is 2.80 bits per heavy atom. The highest BCUT2D eigenvalue weighted by molar-refractivity contribution is 6.02. The SMILES string of the molecule is CN1C(=O)Cc2cc(F)c(C(=O)O)cc21. The molecule has 1 heterocycles. The number of hydrogen-bond acceptors (Lipinski definition) is 2. The highest BCUT2D eigenvalue weighted by atomic mass is 19.1. The standard InChI is InChI=1S/C10H8FNO3/c1-12-8-4-6(10(14)15)7(11)2-5(8)3-9(12)13/h2,4H,3H2,1H3,(H,14,15). The van der Waals surface area contributed by atoms with Crippen molar-refractivity contribution in [2.45, 2.75) is 6.42 Å². The summed E-state index contributed by atoms with van der Waals surface area (Å²) in [6.45, 7) is 0. The van der Waals surface area contributed by atoms with Gasteiger partial charge in [0.2, 0.25) is 5.91 Å². The third-order valence-corrected chi connectivity index (χ3v) is 2.48. The molecule has 0 bridgehead atoms. The molecule has 1 aromatic rings. The van der Waals surface area contributed by atoms with E-state index in [4.69, 9.17) is 5.11 Å². The van der Waals surface area contributed by atoms with Crippen LogP contribution in [0.5, 0.6) is 0 Å². The summed E-state index contributed by atoms with van der Waals surface area (Å²) < 4.78 is 13.2. The van der Waals surface area contributed by atoms with Crippen LogP contribution in [0.25, 0.3) is 0 Å². The van der Waals surface area contributed by atoms with Gasteiger partial charge in [0.05, 0.1) is 12.0 Å². The summed E-state index contributed by atoms with van der Waals surface area (Å²) in [5.41, 5.74) is 0.596. The number of halogens is 1. The smallest absolute Gasteiger partial charge is 0.338 e. The summed E-state index contributed by atoms with van der Waals surface area (Å²) in [5.74, 6) is -2.29. The Morgan fingerprint density at radius 1 is 1.53 bits per heavy atom. The topological polar surface area (TPSA) is 57.6 Å². The third kappa shape index (κ3) is 1.36. The van der Waals surface area contributed by atoms with E-state index in [9.17, 15) is 14.0 Å². The van der Waals surface area contributed by atoms with Crippen molar-refractivity contribution in [3.05, 3.63) is 29.1 Å². The second kappa shape index (κ2) is 3.05. The van der Waals surface area contributed by atoms with Gasteiger partial charge in [0, 0.05) is 12.7 Å². The van der Waals surface area contributed by atoms with Gasteiger partial charge in [-0.25, -0.2) is 9.18 Å². The van der Waals surface area contributed by atoms with E-state index < -0.39 is 17.3 Å². The largest absolute Gasteiger partial charge is 0.478 e. The summed E-state index contributed by atoms with van der Waals surface area (Å²) >= 11 is 0. The molecule has 1 aliphatic rings. The van der Waals surface area contributed by atoms with Crippen molar-refractivity contribution in [1.82, 2.24) is 0 Å². The van der Waals surface area contributed by atoms with Gasteiger partial charge >= 0.3 is 5.97 Å². The van der Waals surface area contributed by atoms with Gasteiger partial charge in [-0.3, -0.25) is 4.79 Å². The van der Waals surface area contributed by atoms with Gasteiger partial charge in [-0.15, -0.1) is 0 Å². The van der Waals surface area contributed by atoms with Crippen LogP contribution in [0, 0.1) is 5.82 Å². The molecule has 1 aromatic carbocycles. The van der Waals surface area contributed by atoms with E-state index in [0.717, 1.165) is 6.07 Å². The van der Waals surface area contributed by atoms with Crippen LogP contribution in [0.2, 0.25) is 0 Å². The average molecular weight is 209 g/mol. The van der Waals surface area contributed by atoms with Crippen LogP contribution in [-0.4, -0.2) is 24.0 Å². The molecule has 78 valence electrons. The lowest BCUT2D eigenvalue weighted by Gasteiger charge is -2.10. The number of benzene rings is 1. The Bertz CT molecular complexity index is 470. The second-order valence-corrected chi connectivity index (χ2v) is 3.40.